The molecule has 118 valence electrons. The average Bonchev–Trinajstić information content (AvgIpc) is 2.60. The van der Waals surface area contributed by atoms with E-state index in [4.69, 9.17) is 15.2 Å². The maximum atomic E-state index is 12.9. The van der Waals surface area contributed by atoms with Crippen molar-refractivity contribution in [3.63, 3.8) is 0 Å². The molecule has 2 aliphatic rings. The van der Waals surface area contributed by atoms with Crippen LogP contribution in [0.1, 0.15) is 5.56 Å². The van der Waals surface area contributed by atoms with E-state index < -0.39 is 6.10 Å². The number of hydrogen-bond donors (Lipinski definition) is 1. The summed E-state index contributed by atoms with van der Waals surface area (Å²) in [6.45, 7) is 0.709. The third-order valence-electron chi connectivity index (χ3n) is 4.23. The summed E-state index contributed by atoms with van der Waals surface area (Å²) in [4.78, 5) is 14.7. The molecule has 23 heavy (non-hydrogen) atoms. The number of ether oxygens (including phenoxy) is 2. The number of rotatable bonds is 1. The maximum absolute atomic E-state index is 12.9. The van der Waals surface area contributed by atoms with E-state index in [0.717, 1.165) is 17.7 Å². The zero-order valence-electron chi connectivity index (χ0n) is 12.6. The first kappa shape index (κ1) is 14.1. The van der Waals surface area contributed by atoms with E-state index in [1.165, 1.54) is 0 Å². The Bertz CT molecular complexity index is 747. The predicted octanol–water partition coefficient (Wildman–Crippen LogP) is 1.74. The van der Waals surface area contributed by atoms with E-state index in [1.54, 1.807) is 4.90 Å². The van der Waals surface area contributed by atoms with Crippen LogP contribution in [0.5, 0.6) is 11.5 Å². The molecule has 5 nitrogen and oxygen atoms in total. The lowest BCUT2D eigenvalue weighted by atomic mass is 9.98. The van der Waals surface area contributed by atoms with Gasteiger partial charge in [0.15, 0.2) is 11.5 Å². The Morgan fingerprint density at radius 1 is 1.09 bits per heavy atom. The molecule has 0 aliphatic carbocycles. The van der Waals surface area contributed by atoms with Crippen molar-refractivity contribution < 1.29 is 14.3 Å². The molecule has 0 radical (unpaired) electrons. The minimum atomic E-state index is -0.650. The first-order valence-corrected chi connectivity index (χ1v) is 7.76. The van der Waals surface area contributed by atoms with Gasteiger partial charge in [-0.1, -0.05) is 30.3 Å². The Morgan fingerprint density at radius 3 is 2.70 bits per heavy atom. The van der Waals surface area contributed by atoms with Gasteiger partial charge < -0.3 is 20.1 Å². The van der Waals surface area contributed by atoms with Gasteiger partial charge in [0.05, 0.1) is 0 Å². The predicted molar refractivity (Wildman–Crippen MR) is 86.8 cm³/mol. The SMILES string of the molecule is NC1Cc2ccccc2N(C(=O)C2COc3ccccc3O2)C1. The zero-order valence-corrected chi connectivity index (χ0v) is 12.6. The third kappa shape index (κ3) is 2.53. The second kappa shape index (κ2) is 5.59. The van der Waals surface area contributed by atoms with Gasteiger partial charge in [-0.2, -0.15) is 0 Å². The Kier molecular flexibility index (Phi) is 3.42. The van der Waals surface area contributed by atoms with Crippen molar-refractivity contribution in [3.8, 4) is 11.5 Å². The van der Waals surface area contributed by atoms with Gasteiger partial charge in [0.25, 0.3) is 5.91 Å². The van der Waals surface area contributed by atoms with Crippen LogP contribution in [-0.2, 0) is 11.2 Å². The van der Waals surface area contributed by atoms with Crippen molar-refractivity contribution in [2.75, 3.05) is 18.1 Å². The molecule has 2 atom stereocenters. The fraction of sp³-hybridized carbons (Fsp3) is 0.278. The van der Waals surface area contributed by atoms with Crippen molar-refractivity contribution >= 4 is 11.6 Å². The minimum Gasteiger partial charge on any atom is -0.485 e. The van der Waals surface area contributed by atoms with E-state index in [1.807, 2.05) is 48.5 Å². The van der Waals surface area contributed by atoms with Crippen molar-refractivity contribution in [1.29, 1.82) is 0 Å². The standard InChI is InChI=1S/C18H18N2O3/c19-13-9-12-5-1-2-6-14(12)20(10-13)18(21)17-11-22-15-7-3-4-8-16(15)23-17/h1-8,13,17H,9-11,19H2. The second-order valence-electron chi connectivity index (χ2n) is 5.91. The molecule has 0 aromatic heterocycles. The summed E-state index contributed by atoms with van der Waals surface area (Å²) in [7, 11) is 0. The van der Waals surface area contributed by atoms with E-state index in [-0.39, 0.29) is 18.6 Å². The van der Waals surface area contributed by atoms with Crippen molar-refractivity contribution in [3.05, 3.63) is 54.1 Å². The summed E-state index contributed by atoms with van der Waals surface area (Å²) in [5, 5.41) is 0. The fourth-order valence-electron chi connectivity index (χ4n) is 3.15. The first-order valence-electron chi connectivity index (χ1n) is 7.76. The normalized spacial score (nSPS) is 22.4. The van der Waals surface area contributed by atoms with Crippen LogP contribution >= 0.6 is 0 Å². The van der Waals surface area contributed by atoms with Crippen LogP contribution in [-0.4, -0.2) is 31.2 Å². The number of carbonyl (C=O) groups is 1. The number of para-hydroxylation sites is 3. The number of hydrogen-bond acceptors (Lipinski definition) is 4. The van der Waals surface area contributed by atoms with Gasteiger partial charge in [-0.25, -0.2) is 0 Å². The number of benzene rings is 2. The minimum absolute atomic E-state index is 0.0642. The highest BCUT2D eigenvalue weighted by Gasteiger charge is 2.35. The maximum Gasteiger partial charge on any atom is 0.271 e. The Labute approximate surface area is 134 Å². The summed E-state index contributed by atoms with van der Waals surface area (Å²) in [5.41, 5.74) is 8.13. The average molecular weight is 310 g/mol. The number of nitrogens with two attached hydrogens (primary N) is 1. The molecule has 4 rings (SSSR count). The van der Waals surface area contributed by atoms with Crippen LogP contribution in [0, 0.1) is 0 Å². The summed E-state index contributed by atoms with van der Waals surface area (Å²) < 4.78 is 11.5. The molecule has 2 aliphatic heterocycles. The van der Waals surface area contributed by atoms with Crippen LogP contribution in [0.2, 0.25) is 0 Å². The topological polar surface area (TPSA) is 64.8 Å². The zero-order chi connectivity index (χ0) is 15.8. The molecule has 5 heteroatoms. The summed E-state index contributed by atoms with van der Waals surface area (Å²) in [5.74, 6) is 1.17. The molecular formula is C18H18N2O3. The molecule has 2 aromatic carbocycles. The molecule has 2 N–H and O–H groups in total. The Hall–Kier alpha value is -2.53. The first-order chi connectivity index (χ1) is 11.2. The van der Waals surface area contributed by atoms with Gasteiger partial charge in [-0.05, 0) is 30.2 Å². The number of amides is 1. The second-order valence-corrected chi connectivity index (χ2v) is 5.91. The Balaban J connectivity index is 1.61. The highest BCUT2D eigenvalue weighted by atomic mass is 16.6. The molecule has 0 spiro atoms. The van der Waals surface area contributed by atoms with Crippen LogP contribution in [0.3, 0.4) is 0 Å². The highest BCUT2D eigenvalue weighted by molar-refractivity contribution is 5.98. The van der Waals surface area contributed by atoms with E-state index >= 15 is 0 Å². The lowest BCUT2D eigenvalue weighted by Crippen LogP contribution is -2.52. The molecule has 0 fully saturated rings. The summed E-state index contributed by atoms with van der Waals surface area (Å²) >= 11 is 0. The van der Waals surface area contributed by atoms with Crippen LogP contribution < -0.4 is 20.1 Å². The van der Waals surface area contributed by atoms with Gasteiger partial charge >= 0.3 is 0 Å². The highest BCUT2D eigenvalue weighted by Crippen LogP contribution is 2.33. The van der Waals surface area contributed by atoms with Gasteiger partial charge in [-0.3, -0.25) is 4.79 Å². The number of anilines is 1. The van der Waals surface area contributed by atoms with Gasteiger partial charge in [-0.15, -0.1) is 0 Å². The summed E-state index contributed by atoms with van der Waals surface area (Å²) in [6.07, 6.45) is 0.133. The van der Waals surface area contributed by atoms with E-state index in [9.17, 15) is 4.79 Å². The third-order valence-corrected chi connectivity index (χ3v) is 4.23. The molecule has 0 saturated heterocycles. The van der Waals surface area contributed by atoms with Crippen molar-refractivity contribution in [2.45, 2.75) is 18.6 Å². The van der Waals surface area contributed by atoms with Crippen molar-refractivity contribution in [1.82, 2.24) is 0 Å². The number of fused-ring (bicyclic) bond motifs is 2. The van der Waals surface area contributed by atoms with Gasteiger partial charge in [0.1, 0.15) is 6.61 Å². The monoisotopic (exact) mass is 310 g/mol. The summed E-state index contributed by atoms with van der Waals surface area (Å²) in [6, 6.07) is 15.2. The fourth-order valence-corrected chi connectivity index (χ4v) is 3.15. The molecule has 0 bridgehead atoms. The largest absolute Gasteiger partial charge is 0.485 e. The number of carbonyl (C=O) groups excluding carboxylic acids is 1. The van der Waals surface area contributed by atoms with E-state index in [0.29, 0.717) is 18.0 Å². The number of nitrogens with zero attached hydrogens (tertiary/aromatic N) is 1. The van der Waals surface area contributed by atoms with Crippen LogP contribution in [0.25, 0.3) is 0 Å². The van der Waals surface area contributed by atoms with Crippen LogP contribution in [0.15, 0.2) is 48.5 Å². The Morgan fingerprint density at radius 2 is 1.83 bits per heavy atom. The molecule has 2 heterocycles. The van der Waals surface area contributed by atoms with E-state index in [2.05, 4.69) is 0 Å². The van der Waals surface area contributed by atoms with Gasteiger partial charge in [0.2, 0.25) is 6.10 Å². The molecular weight excluding hydrogens is 292 g/mol. The lowest BCUT2D eigenvalue weighted by molar-refractivity contribution is -0.127. The smallest absolute Gasteiger partial charge is 0.271 e. The molecule has 1 amide bonds. The van der Waals surface area contributed by atoms with Crippen molar-refractivity contribution in [2.24, 2.45) is 5.73 Å². The molecule has 2 aromatic rings. The molecule has 0 saturated carbocycles. The van der Waals surface area contributed by atoms with Crippen LogP contribution in [0.4, 0.5) is 5.69 Å². The molecule has 2 unspecified atom stereocenters. The lowest BCUT2D eigenvalue weighted by Gasteiger charge is -2.36. The quantitative estimate of drug-likeness (QED) is 0.871. The van der Waals surface area contributed by atoms with Gasteiger partial charge in [0, 0.05) is 18.3 Å².